The van der Waals surface area contributed by atoms with E-state index in [-0.39, 0.29) is 0 Å². The van der Waals surface area contributed by atoms with Gasteiger partial charge in [-0.1, -0.05) is 30.3 Å². The summed E-state index contributed by atoms with van der Waals surface area (Å²) in [5, 5.41) is 3.43. The second-order valence-electron chi connectivity index (χ2n) is 5.20. The molecule has 1 aliphatic rings. The van der Waals surface area contributed by atoms with Crippen molar-refractivity contribution < 1.29 is 0 Å². The molecule has 0 aliphatic heterocycles. The van der Waals surface area contributed by atoms with Crippen molar-refractivity contribution in [2.24, 2.45) is 5.92 Å². The van der Waals surface area contributed by atoms with Crippen molar-refractivity contribution in [1.82, 2.24) is 10.3 Å². The Morgan fingerprint density at radius 1 is 1.25 bits per heavy atom. The SMILES string of the molecule is CNC(c1ncc(Br)cc1Br)C1CC1c1ccccc1. The highest BCUT2D eigenvalue weighted by Crippen LogP contribution is 2.54. The molecule has 0 saturated heterocycles. The monoisotopic (exact) mass is 394 g/mol. The third-order valence-corrected chi connectivity index (χ3v) is 5.01. The smallest absolute Gasteiger partial charge is 0.0718 e. The molecule has 3 unspecified atom stereocenters. The molecular formula is C16H16Br2N2. The van der Waals surface area contributed by atoms with Crippen LogP contribution in [0.4, 0.5) is 0 Å². The number of nitrogens with one attached hydrogen (secondary N) is 1. The van der Waals surface area contributed by atoms with Crippen LogP contribution in [0, 0.1) is 5.92 Å². The van der Waals surface area contributed by atoms with Crippen LogP contribution in [-0.2, 0) is 0 Å². The molecule has 2 aromatic rings. The van der Waals surface area contributed by atoms with Gasteiger partial charge in [0.2, 0.25) is 0 Å². The van der Waals surface area contributed by atoms with Crippen molar-refractivity contribution in [3.8, 4) is 0 Å². The summed E-state index contributed by atoms with van der Waals surface area (Å²) in [4.78, 5) is 4.58. The molecule has 1 N–H and O–H groups in total. The van der Waals surface area contributed by atoms with Crippen LogP contribution >= 0.6 is 31.9 Å². The van der Waals surface area contributed by atoms with Gasteiger partial charge in [0.05, 0.1) is 11.7 Å². The Labute approximate surface area is 136 Å². The highest BCUT2D eigenvalue weighted by atomic mass is 79.9. The van der Waals surface area contributed by atoms with Crippen LogP contribution in [0.2, 0.25) is 0 Å². The van der Waals surface area contributed by atoms with Gasteiger partial charge in [-0.3, -0.25) is 4.98 Å². The third kappa shape index (κ3) is 2.83. The lowest BCUT2D eigenvalue weighted by molar-refractivity contribution is 0.503. The molecule has 3 rings (SSSR count). The van der Waals surface area contributed by atoms with Crippen molar-refractivity contribution in [3.05, 3.63) is 62.8 Å². The Morgan fingerprint density at radius 3 is 2.65 bits per heavy atom. The number of hydrogen-bond acceptors (Lipinski definition) is 2. The van der Waals surface area contributed by atoms with Crippen LogP contribution < -0.4 is 5.32 Å². The molecule has 1 aromatic carbocycles. The minimum Gasteiger partial charge on any atom is -0.311 e. The Bertz CT molecular complexity index is 601. The number of pyridine rings is 1. The van der Waals surface area contributed by atoms with Crippen molar-refractivity contribution in [2.75, 3.05) is 7.05 Å². The van der Waals surface area contributed by atoms with Crippen LogP contribution in [0.3, 0.4) is 0 Å². The number of benzene rings is 1. The van der Waals surface area contributed by atoms with Crippen LogP contribution in [0.1, 0.15) is 29.6 Å². The molecule has 104 valence electrons. The highest BCUT2D eigenvalue weighted by molar-refractivity contribution is 9.11. The zero-order valence-electron chi connectivity index (χ0n) is 11.2. The topological polar surface area (TPSA) is 24.9 Å². The maximum Gasteiger partial charge on any atom is 0.0718 e. The molecule has 1 aliphatic carbocycles. The zero-order chi connectivity index (χ0) is 14.1. The predicted octanol–water partition coefficient (Wildman–Crippen LogP) is 4.67. The van der Waals surface area contributed by atoms with Gasteiger partial charge < -0.3 is 5.32 Å². The van der Waals surface area contributed by atoms with Gasteiger partial charge in [0.25, 0.3) is 0 Å². The first-order valence-electron chi connectivity index (χ1n) is 6.74. The van der Waals surface area contributed by atoms with Gasteiger partial charge in [0, 0.05) is 15.1 Å². The minimum absolute atomic E-state index is 0.294. The lowest BCUT2D eigenvalue weighted by Gasteiger charge is -2.17. The van der Waals surface area contributed by atoms with E-state index in [4.69, 9.17) is 0 Å². The van der Waals surface area contributed by atoms with Crippen LogP contribution in [-0.4, -0.2) is 12.0 Å². The van der Waals surface area contributed by atoms with Crippen molar-refractivity contribution in [2.45, 2.75) is 18.4 Å². The van der Waals surface area contributed by atoms with E-state index in [2.05, 4.69) is 78.6 Å². The molecule has 2 nitrogen and oxygen atoms in total. The summed E-state index contributed by atoms with van der Waals surface area (Å²) in [6.45, 7) is 0. The Morgan fingerprint density at radius 2 is 2.00 bits per heavy atom. The fourth-order valence-electron chi connectivity index (χ4n) is 2.87. The van der Waals surface area contributed by atoms with Gasteiger partial charge in [-0.25, -0.2) is 0 Å². The van der Waals surface area contributed by atoms with Gasteiger partial charge in [0.15, 0.2) is 0 Å². The highest BCUT2D eigenvalue weighted by Gasteiger charge is 2.44. The molecule has 3 atom stereocenters. The number of halogens is 2. The molecule has 0 bridgehead atoms. The van der Waals surface area contributed by atoms with Crippen LogP contribution in [0.15, 0.2) is 51.5 Å². The fourth-order valence-corrected chi connectivity index (χ4v) is 4.11. The Kier molecular flexibility index (Phi) is 4.24. The fraction of sp³-hybridized carbons (Fsp3) is 0.312. The molecule has 1 heterocycles. The van der Waals surface area contributed by atoms with Gasteiger partial charge in [-0.2, -0.15) is 0 Å². The summed E-state index contributed by atoms with van der Waals surface area (Å²) in [6.07, 6.45) is 3.09. The second-order valence-corrected chi connectivity index (χ2v) is 6.97. The lowest BCUT2D eigenvalue weighted by atomic mass is 10.0. The summed E-state index contributed by atoms with van der Waals surface area (Å²) < 4.78 is 2.06. The lowest BCUT2D eigenvalue weighted by Crippen LogP contribution is -2.20. The van der Waals surface area contributed by atoms with Gasteiger partial charge in [-0.05, 0) is 68.8 Å². The van der Waals surface area contributed by atoms with E-state index in [1.54, 1.807) is 0 Å². The van der Waals surface area contributed by atoms with E-state index in [1.807, 2.05) is 13.2 Å². The zero-order valence-corrected chi connectivity index (χ0v) is 14.4. The molecule has 0 radical (unpaired) electrons. The van der Waals surface area contributed by atoms with E-state index in [0.29, 0.717) is 17.9 Å². The molecule has 0 spiro atoms. The standard InChI is InChI=1S/C16H16Br2N2/c1-19-15(16-14(18)7-11(17)9-20-16)13-8-12(13)10-5-3-2-4-6-10/h2-7,9,12-13,15,19H,8H2,1H3. The first-order valence-corrected chi connectivity index (χ1v) is 8.32. The molecule has 1 aromatic heterocycles. The van der Waals surface area contributed by atoms with Crippen molar-refractivity contribution in [1.29, 1.82) is 0 Å². The summed E-state index contributed by atoms with van der Waals surface area (Å²) in [6, 6.07) is 13.1. The van der Waals surface area contributed by atoms with Gasteiger partial charge in [-0.15, -0.1) is 0 Å². The Hall–Kier alpha value is -0.710. The molecule has 4 heteroatoms. The number of nitrogens with zero attached hydrogens (tertiary/aromatic N) is 1. The predicted molar refractivity (Wildman–Crippen MR) is 88.7 cm³/mol. The molecular weight excluding hydrogens is 380 g/mol. The Balaban J connectivity index is 1.82. The van der Waals surface area contributed by atoms with E-state index < -0.39 is 0 Å². The van der Waals surface area contributed by atoms with E-state index >= 15 is 0 Å². The maximum absolute atomic E-state index is 4.58. The molecule has 20 heavy (non-hydrogen) atoms. The van der Waals surface area contributed by atoms with Crippen LogP contribution in [0.5, 0.6) is 0 Å². The van der Waals surface area contributed by atoms with Crippen molar-refractivity contribution in [3.63, 3.8) is 0 Å². The van der Waals surface area contributed by atoms with E-state index in [9.17, 15) is 0 Å². The first kappa shape index (κ1) is 14.2. The quantitative estimate of drug-likeness (QED) is 0.813. The summed E-state index contributed by atoms with van der Waals surface area (Å²) in [7, 11) is 2.02. The summed E-state index contributed by atoms with van der Waals surface area (Å²) in [5.41, 5.74) is 2.53. The third-order valence-electron chi connectivity index (χ3n) is 3.94. The van der Waals surface area contributed by atoms with E-state index in [0.717, 1.165) is 14.6 Å². The normalized spacial score (nSPS) is 22.6. The first-order chi connectivity index (χ1) is 9.70. The average molecular weight is 396 g/mol. The number of rotatable bonds is 4. The van der Waals surface area contributed by atoms with Crippen molar-refractivity contribution >= 4 is 31.9 Å². The van der Waals surface area contributed by atoms with Crippen LogP contribution in [0.25, 0.3) is 0 Å². The average Bonchev–Trinajstić information content (AvgIpc) is 3.23. The maximum atomic E-state index is 4.58. The summed E-state index contributed by atoms with van der Waals surface area (Å²) >= 11 is 7.08. The molecule has 1 saturated carbocycles. The molecule has 0 amide bonds. The number of aromatic nitrogens is 1. The van der Waals surface area contributed by atoms with Gasteiger partial charge >= 0.3 is 0 Å². The summed E-state index contributed by atoms with van der Waals surface area (Å²) in [5.74, 6) is 1.26. The number of hydrogen-bond donors (Lipinski definition) is 1. The second kappa shape index (κ2) is 5.96. The minimum atomic E-state index is 0.294. The van der Waals surface area contributed by atoms with Gasteiger partial charge in [0.1, 0.15) is 0 Å². The largest absolute Gasteiger partial charge is 0.311 e. The van der Waals surface area contributed by atoms with E-state index in [1.165, 1.54) is 12.0 Å². The molecule has 1 fully saturated rings.